The van der Waals surface area contributed by atoms with Gasteiger partial charge in [0.1, 0.15) is 5.82 Å². The molecule has 0 radical (unpaired) electrons. The molecule has 0 spiro atoms. The van der Waals surface area contributed by atoms with Crippen molar-refractivity contribution >= 4 is 23.0 Å². The van der Waals surface area contributed by atoms with Gasteiger partial charge in [-0.2, -0.15) is 0 Å². The average molecular weight is 463 g/mol. The van der Waals surface area contributed by atoms with Crippen LogP contribution in [0.2, 0.25) is 0 Å². The number of rotatable bonds is 5. The van der Waals surface area contributed by atoms with Crippen LogP contribution in [0.3, 0.4) is 0 Å². The van der Waals surface area contributed by atoms with Crippen LogP contribution >= 0.6 is 0 Å². The van der Waals surface area contributed by atoms with E-state index in [1.165, 1.54) is 18.6 Å². The molecular formula is C24H26N6O4. The van der Waals surface area contributed by atoms with Crippen LogP contribution in [0, 0.1) is 10.1 Å². The largest absolute Gasteiger partial charge is 0.378 e. The second-order valence-corrected chi connectivity index (χ2v) is 8.50. The highest BCUT2D eigenvalue weighted by molar-refractivity contribution is 6.08. The maximum Gasteiger partial charge on any atom is 0.270 e. The summed E-state index contributed by atoms with van der Waals surface area (Å²) in [4.78, 5) is 26.2. The van der Waals surface area contributed by atoms with Crippen molar-refractivity contribution in [3.63, 3.8) is 0 Å². The molecule has 0 aliphatic carbocycles. The first-order valence-electron chi connectivity index (χ1n) is 11.5. The van der Waals surface area contributed by atoms with Gasteiger partial charge in [0.2, 0.25) is 0 Å². The molecule has 0 bridgehead atoms. The number of nitrogens with zero attached hydrogens (tertiary/aromatic N) is 5. The second kappa shape index (κ2) is 9.60. The lowest BCUT2D eigenvalue weighted by Crippen LogP contribution is -2.37. The molecule has 2 aromatic carbocycles. The number of ether oxygens (including phenoxy) is 1. The Balaban J connectivity index is 1.43. The SMILES string of the molecule is O=C(Nc1cccc(-c2nnc3n2CCCCC3)c1)c1cc([N+](=O)[O-])ccc1N1CCOCC1. The van der Waals surface area contributed by atoms with Crippen LogP contribution in [-0.4, -0.2) is 51.9 Å². The molecule has 2 aliphatic rings. The number of morpholine rings is 1. The van der Waals surface area contributed by atoms with E-state index in [2.05, 4.69) is 20.1 Å². The molecule has 0 saturated carbocycles. The molecule has 1 N–H and O–H groups in total. The van der Waals surface area contributed by atoms with E-state index in [1.54, 1.807) is 12.1 Å². The van der Waals surface area contributed by atoms with E-state index in [0.717, 1.165) is 43.0 Å². The zero-order chi connectivity index (χ0) is 23.5. The highest BCUT2D eigenvalue weighted by atomic mass is 16.6. The fourth-order valence-corrected chi connectivity index (χ4v) is 4.53. The highest BCUT2D eigenvalue weighted by Gasteiger charge is 2.23. The molecule has 1 fully saturated rings. The zero-order valence-electron chi connectivity index (χ0n) is 18.8. The van der Waals surface area contributed by atoms with Crippen LogP contribution in [0.5, 0.6) is 0 Å². The van der Waals surface area contributed by atoms with Crippen molar-refractivity contribution < 1.29 is 14.5 Å². The topological polar surface area (TPSA) is 115 Å². The van der Waals surface area contributed by atoms with Gasteiger partial charge < -0.3 is 19.5 Å². The average Bonchev–Trinajstić information content (AvgIpc) is 3.12. The van der Waals surface area contributed by atoms with E-state index in [1.807, 2.05) is 23.1 Å². The lowest BCUT2D eigenvalue weighted by atomic mass is 10.1. The van der Waals surface area contributed by atoms with Gasteiger partial charge in [-0.1, -0.05) is 18.6 Å². The first-order valence-corrected chi connectivity index (χ1v) is 11.5. The minimum absolute atomic E-state index is 0.123. The lowest BCUT2D eigenvalue weighted by molar-refractivity contribution is -0.384. The Morgan fingerprint density at radius 2 is 1.88 bits per heavy atom. The normalized spacial score (nSPS) is 15.9. The predicted octanol–water partition coefficient (Wildman–Crippen LogP) is 3.67. The molecule has 0 unspecified atom stereocenters. The van der Waals surface area contributed by atoms with Crippen LogP contribution in [0.15, 0.2) is 42.5 Å². The van der Waals surface area contributed by atoms with E-state index in [-0.39, 0.29) is 11.3 Å². The molecule has 5 rings (SSSR count). The summed E-state index contributed by atoms with van der Waals surface area (Å²) < 4.78 is 7.57. The number of amides is 1. The fourth-order valence-electron chi connectivity index (χ4n) is 4.53. The monoisotopic (exact) mass is 462 g/mol. The molecule has 3 aromatic rings. The molecule has 176 valence electrons. The molecule has 34 heavy (non-hydrogen) atoms. The molecule has 10 heteroatoms. The van der Waals surface area contributed by atoms with Crippen molar-refractivity contribution in [2.24, 2.45) is 0 Å². The smallest absolute Gasteiger partial charge is 0.270 e. The van der Waals surface area contributed by atoms with Gasteiger partial charge in [0.05, 0.1) is 29.4 Å². The van der Waals surface area contributed by atoms with Gasteiger partial charge in [-0.15, -0.1) is 10.2 Å². The number of nitrogens with one attached hydrogen (secondary N) is 1. The van der Waals surface area contributed by atoms with Crippen molar-refractivity contribution in [2.45, 2.75) is 32.2 Å². The lowest BCUT2D eigenvalue weighted by Gasteiger charge is -2.30. The molecule has 1 aromatic heterocycles. The van der Waals surface area contributed by atoms with E-state index >= 15 is 0 Å². The molecule has 1 saturated heterocycles. The molecule has 10 nitrogen and oxygen atoms in total. The molecular weight excluding hydrogens is 436 g/mol. The van der Waals surface area contributed by atoms with Crippen molar-refractivity contribution in [3.8, 4) is 11.4 Å². The standard InChI is InChI=1S/C24H26N6O4/c31-24(20-16-19(30(32)33)8-9-21(20)28-11-13-34-14-12-28)25-18-6-4-5-17(15-18)23-27-26-22-7-2-1-3-10-29(22)23/h4-6,8-9,15-16H,1-3,7,10-14H2,(H,25,31). The number of nitro benzene ring substituents is 1. The fraction of sp³-hybridized carbons (Fsp3) is 0.375. The summed E-state index contributed by atoms with van der Waals surface area (Å²) in [6, 6.07) is 11.9. The number of anilines is 2. The van der Waals surface area contributed by atoms with Gasteiger partial charge in [0, 0.05) is 49.4 Å². The predicted molar refractivity (Wildman–Crippen MR) is 127 cm³/mol. The maximum atomic E-state index is 13.3. The van der Waals surface area contributed by atoms with E-state index in [4.69, 9.17) is 4.74 Å². The van der Waals surface area contributed by atoms with Crippen LogP contribution in [-0.2, 0) is 17.7 Å². The third-order valence-electron chi connectivity index (χ3n) is 6.28. The van der Waals surface area contributed by atoms with Crippen LogP contribution in [0.25, 0.3) is 11.4 Å². The number of fused-ring (bicyclic) bond motifs is 1. The Hall–Kier alpha value is -3.79. The number of carbonyl (C=O) groups is 1. The second-order valence-electron chi connectivity index (χ2n) is 8.50. The first-order chi connectivity index (χ1) is 16.6. The van der Waals surface area contributed by atoms with E-state index < -0.39 is 10.8 Å². The minimum Gasteiger partial charge on any atom is -0.378 e. The number of aryl methyl sites for hydroxylation is 1. The molecule has 3 heterocycles. The summed E-state index contributed by atoms with van der Waals surface area (Å²) in [6.07, 6.45) is 4.29. The van der Waals surface area contributed by atoms with Crippen molar-refractivity contribution in [3.05, 3.63) is 64.0 Å². The Labute approximate surface area is 196 Å². The Kier molecular flexibility index (Phi) is 6.22. The minimum atomic E-state index is -0.489. The number of nitro groups is 1. The Morgan fingerprint density at radius 1 is 1.03 bits per heavy atom. The highest BCUT2D eigenvalue weighted by Crippen LogP contribution is 2.29. The van der Waals surface area contributed by atoms with Crippen LogP contribution < -0.4 is 10.2 Å². The third-order valence-corrected chi connectivity index (χ3v) is 6.28. The van der Waals surface area contributed by atoms with E-state index in [0.29, 0.717) is 37.7 Å². The van der Waals surface area contributed by atoms with Gasteiger partial charge in [0.25, 0.3) is 11.6 Å². The number of hydrogen-bond acceptors (Lipinski definition) is 7. The number of non-ortho nitro benzene ring substituents is 1. The Morgan fingerprint density at radius 3 is 2.71 bits per heavy atom. The summed E-state index contributed by atoms with van der Waals surface area (Å²) in [6.45, 7) is 3.20. The van der Waals surface area contributed by atoms with Crippen molar-refractivity contribution in [1.82, 2.24) is 14.8 Å². The van der Waals surface area contributed by atoms with Crippen LogP contribution in [0.1, 0.15) is 35.4 Å². The van der Waals surface area contributed by atoms with Gasteiger partial charge in [-0.05, 0) is 31.0 Å². The number of carbonyl (C=O) groups excluding carboxylic acids is 1. The summed E-state index contributed by atoms with van der Waals surface area (Å²) >= 11 is 0. The zero-order valence-corrected chi connectivity index (χ0v) is 18.8. The summed E-state index contributed by atoms with van der Waals surface area (Å²) in [5.74, 6) is 1.38. The third kappa shape index (κ3) is 4.49. The van der Waals surface area contributed by atoms with Gasteiger partial charge >= 0.3 is 0 Å². The first kappa shape index (κ1) is 22.0. The summed E-state index contributed by atoms with van der Waals surface area (Å²) in [7, 11) is 0. The quantitative estimate of drug-likeness (QED) is 0.454. The number of hydrogen-bond donors (Lipinski definition) is 1. The van der Waals surface area contributed by atoms with Crippen molar-refractivity contribution in [2.75, 3.05) is 36.5 Å². The van der Waals surface area contributed by atoms with Crippen LogP contribution in [0.4, 0.5) is 17.1 Å². The maximum absolute atomic E-state index is 13.3. The number of aromatic nitrogens is 3. The summed E-state index contributed by atoms with van der Waals surface area (Å²) in [5.41, 5.74) is 2.25. The van der Waals surface area contributed by atoms with Gasteiger partial charge in [0.15, 0.2) is 5.82 Å². The van der Waals surface area contributed by atoms with Gasteiger partial charge in [-0.3, -0.25) is 14.9 Å². The molecule has 0 atom stereocenters. The summed E-state index contributed by atoms with van der Waals surface area (Å²) in [5, 5.41) is 23.1. The molecule has 2 aliphatic heterocycles. The van der Waals surface area contributed by atoms with Gasteiger partial charge in [-0.25, -0.2) is 0 Å². The molecule has 1 amide bonds. The van der Waals surface area contributed by atoms with E-state index in [9.17, 15) is 14.9 Å². The van der Waals surface area contributed by atoms with Crippen molar-refractivity contribution in [1.29, 1.82) is 0 Å². The number of benzene rings is 2. The Bertz CT molecular complexity index is 1220.